The molecule has 0 aromatic heterocycles. The minimum atomic E-state index is -4.10. The highest BCUT2D eigenvalue weighted by molar-refractivity contribution is 5.69. The number of alkyl halides is 4. The van der Waals surface area contributed by atoms with Gasteiger partial charge in [0.05, 0.1) is 13.5 Å². The van der Waals surface area contributed by atoms with Gasteiger partial charge in [-0.25, -0.2) is 17.6 Å². The molecule has 0 N–H and O–H groups in total. The molecule has 0 unspecified atom stereocenters. The van der Waals surface area contributed by atoms with Crippen molar-refractivity contribution in [2.75, 3.05) is 7.11 Å². The highest BCUT2D eigenvalue weighted by Gasteiger charge is 2.40. The zero-order valence-corrected chi connectivity index (χ0v) is 6.32. The number of methoxy groups -OCH3 is 1. The van der Waals surface area contributed by atoms with E-state index in [1.807, 2.05) is 0 Å². The van der Waals surface area contributed by atoms with E-state index in [-0.39, 0.29) is 0 Å². The van der Waals surface area contributed by atoms with Crippen LogP contribution in [0.4, 0.5) is 17.6 Å². The Morgan fingerprint density at radius 1 is 1.50 bits per heavy atom. The zero-order chi connectivity index (χ0) is 9.78. The third kappa shape index (κ3) is 3.54. The Kier molecular flexibility index (Phi) is 3.99. The standard InChI is InChI=1S/C6H8F4O2/c1-12-4(11)2-3-6(9,10)5(7)8/h5H,2-3H2,1H3. The maximum Gasteiger partial charge on any atom is 0.308 e. The van der Waals surface area contributed by atoms with Gasteiger partial charge in [-0.3, -0.25) is 4.79 Å². The van der Waals surface area contributed by atoms with Crippen LogP contribution in [0.25, 0.3) is 0 Å². The Bertz CT molecular complexity index is 158. The second-order valence-electron chi connectivity index (χ2n) is 2.14. The van der Waals surface area contributed by atoms with Crippen molar-refractivity contribution in [3.05, 3.63) is 0 Å². The molecule has 0 heterocycles. The molecule has 72 valence electrons. The Morgan fingerprint density at radius 3 is 2.33 bits per heavy atom. The van der Waals surface area contributed by atoms with Crippen molar-refractivity contribution in [1.82, 2.24) is 0 Å². The van der Waals surface area contributed by atoms with Crippen molar-refractivity contribution in [2.24, 2.45) is 0 Å². The van der Waals surface area contributed by atoms with E-state index < -0.39 is 31.2 Å². The van der Waals surface area contributed by atoms with Gasteiger partial charge in [0.25, 0.3) is 0 Å². The molecule has 0 aromatic carbocycles. The highest BCUT2D eigenvalue weighted by atomic mass is 19.3. The topological polar surface area (TPSA) is 26.3 Å². The van der Waals surface area contributed by atoms with Gasteiger partial charge >= 0.3 is 18.3 Å². The second kappa shape index (κ2) is 4.27. The van der Waals surface area contributed by atoms with Crippen LogP contribution in [0.3, 0.4) is 0 Å². The lowest BCUT2D eigenvalue weighted by molar-refractivity contribution is -0.152. The summed E-state index contributed by atoms with van der Waals surface area (Å²) >= 11 is 0. The van der Waals surface area contributed by atoms with Crippen LogP contribution >= 0.6 is 0 Å². The van der Waals surface area contributed by atoms with Crippen LogP contribution in [0.15, 0.2) is 0 Å². The number of carbonyl (C=O) groups is 1. The van der Waals surface area contributed by atoms with Crippen LogP contribution in [0.5, 0.6) is 0 Å². The molecule has 12 heavy (non-hydrogen) atoms. The van der Waals surface area contributed by atoms with Crippen LogP contribution in [0.2, 0.25) is 0 Å². The number of esters is 1. The molecule has 0 fully saturated rings. The van der Waals surface area contributed by atoms with Gasteiger partial charge in [-0.15, -0.1) is 0 Å². The van der Waals surface area contributed by atoms with Gasteiger partial charge in [-0.05, 0) is 0 Å². The molecule has 0 bridgehead atoms. The fraction of sp³-hybridized carbons (Fsp3) is 0.833. The van der Waals surface area contributed by atoms with Gasteiger partial charge in [0.1, 0.15) is 0 Å². The first-order valence-corrected chi connectivity index (χ1v) is 3.13. The summed E-state index contributed by atoms with van der Waals surface area (Å²) in [5.74, 6) is -5.02. The van der Waals surface area contributed by atoms with Crippen LogP contribution in [0.1, 0.15) is 12.8 Å². The van der Waals surface area contributed by atoms with E-state index in [0.29, 0.717) is 0 Å². The van der Waals surface area contributed by atoms with E-state index in [9.17, 15) is 22.4 Å². The lowest BCUT2D eigenvalue weighted by atomic mass is 10.2. The predicted molar refractivity (Wildman–Crippen MR) is 32.2 cm³/mol. The van der Waals surface area contributed by atoms with Crippen molar-refractivity contribution < 1.29 is 27.1 Å². The van der Waals surface area contributed by atoms with Crippen LogP contribution in [-0.4, -0.2) is 25.4 Å². The zero-order valence-electron chi connectivity index (χ0n) is 6.32. The van der Waals surface area contributed by atoms with Gasteiger partial charge in [-0.1, -0.05) is 0 Å². The van der Waals surface area contributed by atoms with Gasteiger partial charge in [0.15, 0.2) is 0 Å². The van der Waals surface area contributed by atoms with E-state index in [1.54, 1.807) is 0 Å². The average molecular weight is 188 g/mol. The number of hydrogen-bond donors (Lipinski definition) is 0. The van der Waals surface area contributed by atoms with Gasteiger partial charge in [-0.2, -0.15) is 0 Å². The largest absolute Gasteiger partial charge is 0.469 e. The summed E-state index contributed by atoms with van der Waals surface area (Å²) in [4.78, 5) is 10.3. The van der Waals surface area contributed by atoms with Crippen molar-refractivity contribution >= 4 is 5.97 Å². The van der Waals surface area contributed by atoms with Gasteiger partial charge in [0, 0.05) is 6.42 Å². The van der Waals surface area contributed by atoms with Crippen LogP contribution in [-0.2, 0) is 9.53 Å². The molecule has 2 nitrogen and oxygen atoms in total. The summed E-state index contributed by atoms with van der Waals surface area (Å²) in [6.45, 7) is 0. The average Bonchev–Trinajstić information content (AvgIpc) is 2.00. The monoisotopic (exact) mass is 188 g/mol. The van der Waals surface area contributed by atoms with Crippen LogP contribution in [0, 0.1) is 0 Å². The fourth-order valence-electron chi connectivity index (χ4n) is 0.480. The van der Waals surface area contributed by atoms with E-state index in [2.05, 4.69) is 4.74 Å². The van der Waals surface area contributed by atoms with Crippen molar-refractivity contribution in [3.8, 4) is 0 Å². The maximum absolute atomic E-state index is 12.1. The summed E-state index contributed by atoms with van der Waals surface area (Å²) in [7, 11) is 1.00. The van der Waals surface area contributed by atoms with E-state index in [0.717, 1.165) is 7.11 Å². The molecule has 6 heteroatoms. The lowest BCUT2D eigenvalue weighted by Gasteiger charge is -2.13. The number of hydrogen-bond acceptors (Lipinski definition) is 2. The van der Waals surface area contributed by atoms with E-state index in [4.69, 9.17) is 0 Å². The minimum absolute atomic E-state index is 0.701. The SMILES string of the molecule is COC(=O)CCC(F)(F)C(F)F. The fourth-order valence-corrected chi connectivity index (χ4v) is 0.480. The molecule has 0 aliphatic carbocycles. The third-order valence-corrected chi connectivity index (χ3v) is 1.21. The molecule has 0 saturated heterocycles. The number of carbonyl (C=O) groups excluding carboxylic acids is 1. The van der Waals surface area contributed by atoms with Gasteiger partial charge in [0.2, 0.25) is 0 Å². The Balaban J connectivity index is 3.83. The first kappa shape index (κ1) is 11.2. The van der Waals surface area contributed by atoms with E-state index >= 15 is 0 Å². The summed E-state index contributed by atoms with van der Waals surface area (Å²) < 4.78 is 51.1. The molecular formula is C6H8F4O2. The molecule has 0 radical (unpaired) electrons. The van der Waals surface area contributed by atoms with E-state index in [1.165, 1.54) is 0 Å². The Morgan fingerprint density at radius 2 is 2.00 bits per heavy atom. The van der Waals surface area contributed by atoms with Crippen molar-refractivity contribution in [3.63, 3.8) is 0 Å². The molecule has 0 saturated carbocycles. The molecule has 0 rings (SSSR count). The highest BCUT2D eigenvalue weighted by Crippen LogP contribution is 2.27. The lowest BCUT2D eigenvalue weighted by Crippen LogP contribution is -2.27. The molecule has 0 aromatic rings. The Hall–Kier alpha value is -0.810. The maximum atomic E-state index is 12.1. The molecular weight excluding hydrogens is 180 g/mol. The van der Waals surface area contributed by atoms with Crippen molar-refractivity contribution in [2.45, 2.75) is 25.2 Å². The quantitative estimate of drug-likeness (QED) is 0.497. The summed E-state index contributed by atoms with van der Waals surface area (Å²) in [5, 5.41) is 0. The molecule has 0 amide bonds. The number of halogens is 4. The van der Waals surface area contributed by atoms with Gasteiger partial charge < -0.3 is 4.74 Å². The Labute approximate surface area is 66.5 Å². The number of rotatable bonds is 4. The smallest absolute Gasteiger partial charge is 0.308 e. The molecule has 0 atom stereocenters. The normalized spacial score (nSPS) is 11.8. The first-order valence-electron chi connectivity index (χ1n) is 3.13. The molecule has 0 spiro atoms. The minimum Gasteiger partial charge on any atom is -0.469 e. The molecule has 0 aliphatic heterocycles. The second-order valence-corrected chi connectivity index (χ2v) is 2.14. The first-order chi connectivity index (χ1) is 5.40. The van der Waals surface area contributed by atoms with Crippen LogP contribution < -0.4 is 0 Å². The molecule has 0 aliphatic rings. The summed E-state index contributed by atoms with van der Waals surface area (Å²) in [6, 6.07) is 0. The summed E-state index contributed by atoms with van der Waals surface area (Å²) in [5.41, 5.74) is 0. The predicted octanol–water partition coefficient (Wildman–Crippen LogP) is 1.84. The van der Waals surface area contributed by atoms with Crippen molar-refractivity contribution in [1.29, 1.82) is 0 Å². The summed E-state index contributed by atoms with van der Waals surface area (Å²) in [6.07, 6.45) is -5.62. The third-order valence-electron chi connectivity index (χ3n) is 1.21. The number of ether oxygens (including phenoxy) is 1.